The van der Waals surface area contributed by atoms with Gasteiger partial charge in [0.05, 0.1) is 10.4 Å². The van der Waals surface area contributed by atoms with E-state index in [2.05, 4.69) is 82.8 Å². The van der Waals surface area contributed by atoms with Gasteiger partial charge in [0, 0.05) is 94.9 Å². The van der Waals surface area contributed by atoms with E-state index in [4.69, 9.17) is 0 Å². The predicted octanol–water partition coefficient (Wildman–Crippen LogP) is 5.44. The van der Waals surface area contributed by atoms with Crippen molar-refractivity contribution in [3.05, 3.63) is 72.6 Å². The summed E-state index contributed by atoms with van der Waals surface area (Å²) >= 11 is 0. The number of carbonyl (C=O) groups is 2. The van der Waals surface area contributed by atoms with Crippen LogP contribution in [0.3, 0.4) is 0 Å². The first-order valence-electron chi connectivity index (χ1n) is 19.7. The molecule has 2 aromatic heterocycles. The molecule has 1 atom stereocenters. The standard InChI is InChI=1S/C41H54N10O3S/c1-4-30-27-43-40(44-28-30)45-34-15-22-50(23-16-34)55(54)36-8-5-7-35(26-36)49-20-11-31(12-21-49)29-48-18-13-32(14-19-48)33-9-10-37-38(25-33)47(3)46-39(37)51(17-6-24-52)41(53)42-2/h4-5,7-10,24-28,31-32,34H,1,6,11-23,29H2,2-3H3,(H,42,53)(H,43,44,45). The number of rotatable bonds is 13. The van der Waals surface area contributed by atoms with E-state index in [1.165, 1.54) is 11.3 Å². The molecule has 3 aliphatic rings. The van der Waals surface area contributed by atoms with Gasteiger partial charge in [0.25, 0.3) is 0 Å². The minimum Gasteiger partial charge on any atom is -0.371 e. The normalized spacial score (nSPS) is 18.6. The molecule has 14 heteroatoms. The number of nitrogens with zero attached hydrogens (tertiary/aromatic N) is 8. The van der Waals surface area contributed by atoms with Crippen LogP contribution in [0.1, 0.15) is 62.0 Å². The number of aromatic nitrogens is 4. The van der Waals surface area contributed by atoms with E-state index in [0.29, 0.717) is 23.6 Å². The summed E-state index contributed by atoms with van der Waals surface area (Å²) in [4.78, 5) is 40.0. The van der Waals surface area contributed by atoms with Crippen molar-refractivity contribution in [2.75, 3.05) is 74.5 Å². The van der Waals surface area contributed by atoms with Gasteiger partial charge < -0.3 is 25.2 Å². The molecule has 2 N–H and O–H groups in total. The van der Waals surface area contributed by atoms with Gasteiger partial charge >= 0.3 is 6.03 Å². The van der Waals surface area contributed by atoms with Gasteiger partial charge in [0.1, 0.15) is 17.3 Å². The van der Waals surface area contributed by atoms with Crippen LogP contribution in [-0.2, 0) is 22.8 Å². The van der Waals surface area contributed by atoms with Gasteiger partial charge in [-0.2, -0.15) is 5.10 Å². The van der Waals surface area contributed by atoms with Gasteiger partial charge in [-0.05, 0) is 99.3 Å². The van der Waals surface area contributed by atoms with Crippen molar-refractivity contribution in [3.8, 4) is 0 Å². The quantitative estimate of drug-likeness (QED) is 0.171. The van der Waals surface area contributed by atoms with Crippen molar-refractivity contribution >= 4 is 57.7 Å². The van der Waals surface area contributed by atoms with E-state index in [-0.39, 0.29) is 25.0 Å². The molecule has 0 aliphatic carbocycles. The molecule has 3 fully saturated rings. The zero-order chi connectivity index (χ0) is 38.3. The van der Waals surface area contributed by atoms with E-state index < -0.39 is 11.0 Å². The number of amides is 2. The first-order chi connectivity index (χ1) is 26.8. The fraction of sp³-hybridized carbons (Fsp3) is 0.488. The molecule has 2 amide bonds. The second-order valence-corrected chi connectivity index (χ2v) is 16.5. The van der Waals surface area contributed by atoms with Crippen molar-refractivity contribution in [1.82, 2.24) is 34.3 Å². The number of hydrogen-bond donors (Lipinski definition) is 2. The zero-order valence-electron chi connectivity index (χ0n) is 32.1. The molecular formula is C41H54N10O3S. The number of piperidine rings is 3. The van der Waals surface area contributed by atoms with E-state index in [9.17, 15) is 13.8 Å². The van der Waals surface area contributed by atoms with Crippen molar-refractivity contribution in [2.24, 2.45) is 13.0 Å². The molecule has 1 unspecified atom stereocenters. The lowest BCUT2D eigenvalue weighted by molar-refractivity contribution is -0.107. The van der Waals surface area contributed by atoms with Gasteiger partial charge in [-0.3, -0.25) is 9.58 Å². The number of anilines is 3. The van der Waals surface area contributed by atoms with Crippen LogP contribution in [0.4, 0.5) is 22.2 Å². The first kappa shape index (κ1) is 38.6. The lowest BCUT2D eigenvalue weighted by Gasteiger charge is -2.38. The molecule has 7 rings (SSSR count). The zero-order valence-corrected chi connectivity index (χ0v) is 32.9. The van der Waals surface area contributed by atoms with Crippen LogP contribution in [0, 0.1) is 5.92 Å². The lowest BCUT2D eigenvalue weighted by atomic mass is 9.88. The number of aryl methyl sites for hydroxylation is 1. The highest BCUT2D eigenvalue weighted by Gasteiger charge is 2.28. The van der Waals surface area contributed by atoms with Gasteiger partial charge in [-0.15, -0.1) is 0 Å². The second-order valence-electron chi connectivity index (χ2n) is 15.0. The number of fused-ring (bicyclic) bond motifs is 1. The Morgan fingerprint density at radius 3 is 2.42 bits per heavy atom. The smallest absolute Gasteiger partial charge is 0.322 e. The first-order valence-corrected chi connectivity index (χ1v) is 20.8. The van der Waals surface area contributed by atoms with Crippen LogP contribution >= 0.6 is 0 Å². The van der Waals surface area contributed by atoms with Crippen molar-refractivity contribution in [2.45, 2.75) is 61.8 Å². The highest BCUT2D eigenvalue weighted by molar-refractivity contribution is 7.82. The largest absolute Gasteiger partial charge is 0.371 e. The lowest BCUT2D eigenvalue weighted by Crippen LogP contribution is -2.41. The number of nitrogens with one attached hydrogen (secondary N) is 2. The Morgan fingerprint density at radius 1 is 0.982 bits per heavy atom. The molecule has 5 heterocycles. The number of urea groups is 1. The molecule has 55 heavy (non-hydrogen) atoms. The van der Waals surface area contributed by atoms with E-state index in [1.807, 2.05) is 17.8 Å². The topological polar surface area (TPSA) is 132 Å². The monoisotopic (exact) mass is 766 g/mol. The Kier molecular flexibility index (Phi) is 12.5. The van der Waals surface area contributed by atoms with E-state index in [1.54, 1.807) is 30.4 Å². The molecule has 0 saturated carbocycles. The highest BCUT2D eigenvalue weighted by atomic mass is 32.2. The maximum absolute atomic E-state index is 13.6. The third-order valence-corrected chi connectivity index (χ3v) is 13.0. The van der Waals surface area contributed by atoms with Crippen molar-refractivity contribution in [1.29, 1.82) is 0 Å². The van der Waals surface area contributed by atoms with Crippen molar-refractivity contribution < 1.29 is 13.8 Å². The average molecular weight is 767 g/mol. The number of carbonyl (C=O) groups excluding carboxylic acids is 2. The maximum atomic E-state index is 13.6. The van der Waals surface area contributed by atoms with Crippen LogP contribution in [0.5, 0.6) is 0 Å². The summed E-state index contributed by atoms with van der Waals surface area (Å²) < 4.78 is 17.6. The van der Waals surface area contributed by atoms with Gasteiger partial charge in [0.2, 0.25) is 5.95 Å². The molecule has 4 aromatic rings. The summed E-state index contributed by atoms with van der Waals surface area (Å²) in [6.45, 7) is 10.9. The maximum Gasteiger partial charge on any atom is 0.322 e. The minimum atomic E-state index is -1.19. The van der Waals surface area contributed by atoms with Crippen LogP contribution < -0.4 is 20.4 Å². The fourth-order valence-electron chi connectivity index (χ4n) is 8.32. The third kappa shape index (κ3) is 9.08. The number of benzene rings is 2. The Balaban J connectivity index is 0.866. The Bertz CT molecular complexity index is 1960. The highest BCUT2D eigenvalue weighted by Crippen LogP contribution is 2.34. The number of hydrogen-bond acceptors (Lipinski definition) is 9. The molecule has 292 valence electrons. The molecule has 3 saturated heterocycles. The Hall–Kier alpha value is -4.66. The third-order valence-electron chi connectivity index (χ3n) is 11.5. The SMILES string of the molecule is C=Cc1cnc(NC2CCN(S(=O)c3cccc(N4CCC(CN5CCC(c6ccc7c(N(CCC=O)C(=O)NC)nn(C)c7c6)CC5)CC4)c3)CC2)nc1. The van der Waals surface area contributed by atoms with E-state index >= 15 is 0 Å². The van der Waals surface area contributed by atoms with Crippen LogP contribution in [0.15, 0.2) is 66.3 Å². The van der Waals surface area contributed by atoms with Gasteiger partial charge in [-0.25, -0.2) is 23.3 Å². The minimum absolute atomic E-state index is 0.253. The summed E-state index contributed by atoms with van der Waals surface area (Å²) in [5.74, 6) is 2.37. The van der Waals surface area contributed by atoms with E-state index in [0.717, 1.165) is 112 Å². The van der Waals surface area contributed by atoms with Gasteiger partial charge in [0.15, 0.2) is 5.82 Å². The summed E-state index contributed by atoms with van der Waals surface area (Å²) in [5, 5.41) is 11.7. The summed E-state index contributed by atoms with van der Waals surface area (Å²) in [5.41, 5.74) is 4.38. The number of likely N-dealkylation sites (tertiary alicyclic amines) is 1. The molecule has 0 spiro atoms. The molecule has 3 aliphatic heterocycles. The summed E-state index contributed by atoms with van der Waals surface area (Å²) in [7, 11) is 2.31. The molecule has 0 bridgehead atoms. The van der Waals surface area contributed by atoms with Crippen LogP contribution in [0.2, 0.25) is 0 Å². The van der Waals surface area contributed by atoms with Crippen LogP contribution in [0.25, 0.3) is 17.0 Å². The summed E-state index contributed by atoms with van der Waals surface area (Å²) in [6, 6.07) is 14.8. The average Bonchev–Trinajstić information content (AvgIpc) is 3.56. The predicted molar refractivity (Wildman–Crippen MR) is 220 cm³/mol. The Morgan fingerprint density at radius 2 is 1.73 bits per heavy atom. The fourth-order valence-corrected chi connectivity index (χ4v) is 9.58. The molecule has 2 aromatic carbocycles. The number of aldehydes is 1. The molecule has 0 radical (unpaired) electrons. The van der Waals surface area contributed by atoms with Crippen LogP contribution in [-0.4, -0.2) is 111 Å². The van der Waals surface area contributed by atoms with Crippen molar-refractivity contribution in [3.63, 3.8) is 0 Å². The Labute approximate surface area is 326 Å². The van der Waals surface area contributed by atoms with Gasteiger partial charge in [-0.1, -0.05) is 24.8 Å². The molecule has 13 nitrogen and oxygen atoms in total. The second kappa shape index (κ2) is 17.9. The molecular weight excluding hydrogens is 713 g/mol. The summed E-state index contributed by atoms with van der Waals surface area (Å²) in [6.07, 6.45) is 12.7.